The zero-order chi connectivity index (χ0) is 26.5. The highest BCUT2D eigenvalue weighted by Crippen LogP contribution is 2.38. The Labute approximate surface area is 222 Å². The Morgan fingerprint density at radius 1 is 0.757 bits per heavy atom. The Kier molecular flexibility index (Phi) is 12.4. The van der Waals surface area contributed by atoms with E-state index in [0.29, 0.717) is 18.1 Å². The third-order valence-electron chi connectivity index (χ3n) is 7.65. The number of carbonyl (C=O) groups excluding carboxylic acids is 1. The predicted molar refractivity (Wildman–Crippen MR) is 145 cm³/mol. The number of halogens is 2. The van der Waals surface area contributed by atoms with Gasteiger partial charge in [-0.25, -0.2) is 4.79 Å². The third kappa shape index (κ3) is 9.12. The van der Waals surface area contributed by atoms with Crippen LogP contribution >= 0.6 is 0 Å². The van der Waals surface area contributed by atoms with Gasteiger partial charge in [0.2, 0.25) is 11.6 Å². The second kappa shape index (κ2) is 15.7. The topological polar surface area (TPSA) is 35.5 Å². The molecule has 0 amide bonds. The van der Waals surface area contributed by atoms with E-state index in [-0.39, 0.29) is 5.75 Å². The Morgan fingerprint density at radius 3 is 2.05 bits per heavy atom. The van der Waals surface area contributed by atoms with Crippen molar-refractivity contribution in [2.75, 3.05) is 6.61 Å². The van der Waals surface area contributed by atoms with Crippen molar-refractivity contribution in [1.29, 1.82) is 0 Å². The van der Waals surface area contributed by atoms with Crippen LogP contribution in [0.25, 0.3) is 0 Å². The molecule has 0 aromatic heterocycles. The van der Waals surface area contributed by atoms with Gasteiger partial charge in [-0.1, -0.05) is 83.8 Å². The number of ether oxygens (including phenoxy) is 2. The average Bonchev–Trinajstić information content (AvgIpc) is 2.92. The van der Waals surface area contributed by atoms with Gasteiger partial charge >= 0.3 is 5.97 Å². The summed E-state index contributed by atoms with van der Waals surface area (Å²) in [4.78, 5) is 12.6. The molecule has 1 aliphatic rings. The molecule has 2 aromatic rings. The molecule has 0 N–H and O–H groups in total. The Morgan fingerprint density at radius 2 is 1.35 bits per heavy atom. The molecule has 0 aliphatic heterocycles. The zero-order valence-electron chi connectivity index (χ0n) is 22.7. The van der Waals surface area contributed by atoms with E-state index in [1.165, 1.54) is 88.3 Å². The summed E-state index contributed by atoms with van der Waals surface area (Å²) >= 11 is 0. The lowest BCUT2D eigenvalue weighted by atomic mass is 9.77. The summed E-state index contributed by atoms with van der Waals surface area (Å²) in [5.74, 6) is -2.26. The molecule has 5 heteroatoms. The minimum atomic E-state index is -1.21. The van der Waals surface area contributed by atoms with Gasteiger partial charge in [0.15, 0.2) is 11.5 Å². The number of carbonyl (C=O) groups is 1. The van der Waals surface area contributed by atoms with Crippen molar-refractivity contribution in [3.05, 3.63) is 59.2 Å². The molecule has 0 spiro atoms. The van der Waals surface area contributed by atoms with Crippen LogP contribution in [0.2, 0.25) is 0 Å². The smallest absolute Gasteiger partial charge is 0.343 e. The third-order valence-corrected chi connectivity index (χ3v) is 7.65. The lowest BCUT2D eigenvalue weighted by molar-refractivity contribution is 0.0726. The molecule has 0 saturated heterocycles. The van der Waals surface area contributed by atoms with Crippen LogP contribution < -0.4 is 9.47 Å². The first-order valence-electron chi connectivity index (χ1n) is 14.5. The molecule has 0 heterocycles. The maximum absolute atomic E-state index is 14.6. The lowest BCUT2D eigenvalue weighted by Crippen LogP contribution is -2.14. The molecule has 3 nitrogen and oxygen atoms in total. The van der Waals surface area contributed by atoms with Crippen molar-refractivity contribution in [1.82, 2.24) is 0 Å². The SMILES string of the molecule is CCCCCCCCOc1ccc(OC(=O)c2ccc([C@H]3CC[C@H](CCCCC)CC3)cc2)c(F)c1F. The maximum atomic E-state index is 14.6. The second-order valence-electron chi connectivity index (χ2n) is 10.5. The van der Waals surface area contributed by atoms with Crippen LogP contribution in [0.3, 0.4) is 0 Å². The van der Waals surface area contributed by atoms with Crippen LogP contribution in [0.1, 0.15) is 126 Å². The largest absolute Gasteiger partial charge is 0.490 e. The molecule has 1 saturated carbocycles. The molecule has 1 aliphatic carbocycles. The van der Waals surface area contributed by atoms with Crippen LogP contribution in [0, 0.1) is 17.6 Å². The molecule has 1 fully saturated rings. The summed E-state index contributed by atoms with van der Waals surface area (Å²) in [6.07, 6.45) is 16.6. The Hall–Kier alpha value is -2.43. The molecular formula is C32H44F2O3. The number of hydrogen-bond acceptors (Lipinski definition) is 3. The normalized spacial score (nSPS) is 17.5. The number of esters is 1. The fraction of sp³-hybridized carbons (Fsp3) is 0.594. The van der Waals surface area contributed by atoms with Crippen LogP contribution in [0.15, 0.2) is 36.4 Å². The van der Waals surface area contributed by atoms with Crippen LogP contribution in [0.5, 0.6) is 11.5 Å². The summed E-state index contributed by atoms with van der Waals surface area (Å²) < 4.78 is 39.6. The van der Waals surface area contributed by atoms with Gasteiger partial charge in [0.25, 0.3) is 0 Å². The minimum absolute atomic E-state index is 0.157. The standard InChI is InChI=1S/C32H44F2O3/c1-3-5-7-8-9-11-23-36-28-21-22-29(31(34)30(28)33)37-32(35)27-19-17-26(18-20-27)25-15-13-24(14-16-25)12-10-6-4-2/h17-22,24-25H,3-16,23H2,1-2H3/t24-,25-. The number of hydrogen-bond donors (Lipinski definition) is 0. The van der Waals surface area contributed by atoms with E-state index < -0.39 is 23.4 Å². The van der Waals surface area contributed by atoms with Gasteiger partial charge in [0.05, 0.1) is 12.2 Å². The summed E-state index contributed by atoms with van der Waals surface area (Å²) in [5.41, 5.74) is 1.55. The summed E-state index contributed by atoms with van der Waals surface area (Å²) in [5, 5.41) is 0. The molecule has 2 aromatic carbocycles. The van der Waals surface area contributed by atoms with Crippen molar-refractivity contribution in [2.45, 2.75) is 110 Å². The van der Waals surface area contributed by atoms with Gasteiger partial charge in [-0.2, -0.15) is 8.78 Å². The zero-order valence-corrected chi connectivity index (χ0v) is 22.7. The fourth-order valence-electron chi connectivity index (χ4n) is 5.29. The number of unbranched alkanes of at least 4 members (excludes halogenated alkanes) is 7. The highest BCUT2D eigenvalue weighted by molar-refractivity contribution is 5.91. The van der Waals surface area contributed by atoms with Crippen molar-refractivity contribution in [3.8, 4) is 11.5 Å². The molecule has 0 atom stereocenters. The predicted octanol–water partition coefficient (Wildman–Crippen LogP) is 9.78. The van der Waals surface area contributed by atoms with Crippen LogP contribution in [-0.4, -0.2) is 12.6 Å². The van der Waals surface area contributed by atoms with Crippen LogP contribution in [0.4, 0.5) is 8.78 Å². The lowest BCUT2D eigenvalue weighted by Gasteiger charge is -2.29. The van der Waals surface area contributed by atoms with Gasteiger partial charge in [-0.3, -0.25) is 0 Å². The molecule has 204 valence electrons. The van der Waals surface area contributed by atoms with Crippen molar-refractivity contribution < 1.29 is 23.0 Å². The van der Waals surface area contributed by atoms with Crippen molar-refractivity contribution in [2.24, 2.45) is 5.92 Å². The van der Waals surface area contributed by atoms with Gasteiger partial charge in [0, 0.05) is 0 Å². The average molecular weight is 515 g/mol. The van der Waals surface area contributed by atoms with Gasteiger partial charge in [-0.15, -0.1) is 0 Å². The Bertz CT molecular complexity index is 949. The quantitative estimate of drug-likeness (QED) is 0.135. The molecule has 0 bridgehead atoms. The van der Waals surface area contributed by atoms with E-state index in [9.17, 15) is 13.6 Å². The van der Waals surface area contributed by atoms with Gasteiger partial charge in [-0.05, 0) is 73.8 Å². The van der Waals surface area contributed by atoms with E-state index >= 15 is 0 Å². The monoisotopic (exact) mass is 514 g/mol. The summed E-state index contributed by atoms with van der Waals surface area (Å²) in [6, 6.07) is 9.94. The fourth-order valence-corrected chi connectivity index (χ4v) is 5.29. The van der Waals surface area contributed by atoms with E-state index in [4.69, 9.17) is 9.47 Å². The molecule has 3 rings (SSSR count). The summed E-state index contributed by atoms with van der Waals surface area (Å²) in [6.45, 7) is 4.74. The van der Waals surface area contributed by atoms with E-state index in [1.807, 2.05) is 12.1 Å². The van der Waals surface area contributed by atoms with Gasteiger partial charge in [0.1, 0.15) is 0 Å². The minimum Gasteiger partial charge on any atom is -0.490 e. The molecular weight excluding hydrogens is 470 g/mol. The molecule has 37 heavy (non-hydrogen) atoms. The number of rotatable bonds is 15. The van der Waals surface area contributed by atoms with E-state index in [1.54, 1.807) is 12.1 Å². The molecule has 0 radical (unpaired) electrons. The van der Waals surface area contributed by atoms with E-state index in [0.717, 1.165) is 25.2 Å². The molecule has 0 unspecified atom stereocenters. The number of benzene rings is 2. The van der Waals surface area contributed by atoms with Gasteiger partial charge < -0.3 is 9.47 Å². The first kappa shape index (κ1) is 29.1. The second-order valence-corrected chi connectivity index (χ2v) is 10.5. The first-order chi connectivity index (χ1) is 18.0. The first-order valence-corrected chi connectivity index (χ1v) is 14.5. The Balaban J connectivity index is 1.47. The van der Waals surface area contributed by atoms with Crippen LogP contribution in [-0.2, 0) is 0 Å². The van der Waals surface area contributed by atoms with E-state index in [2.05, 4.69) is 13.8 Å². The van der Waals surface area contributed by atoms with Crippen molar-refractivity contribution in [3.63, 3.8) is 0 Å². The highest BCUT2D eigenvalue weighted by Gasteiger charge is 2.23. The maximum Gasteiger partial charge on any atom is 0.343 e. The van der Waals surface area contributed by atoms with Crippen molar-refractivity contribution >= 4 is 5.97 Å². The highest BCUT2D eigenvalue weighted by atomic mass is 19.2. The summed E-state index contributed by atoms with van der Waals surface area (Å²) in [7, 11) is 0.